The van der Waals surface area contributed by atoms with Gasteiger partial charge in [-0.05, 0) is 48.0 Å². The summed E-state index contributed by atoms with van der Waals surface area (Å²) in [6.07, 6.45) is 4.27. The summed E-state index contributed by atoms with van der Waals surface area (Å²) in [5, 5.41) is 3.31. The van der Waals surface area contributed by atoms with E-state index >= 15 is 0 Å². The molecule has 2 rings (SSSR count). The van der Waals surface area contributed by atoms with Crippen LogP contribution in [0.25, 0.3) is 0 Å². The molecular weight excluding hydrogens is 216 g/mol. The second kappa shape index (κ2) is 2.82. The lowest BCUT2D eigenvalue weighted by atomic mass is 10.1. The Balaban J connectivity index is 2.29. The van der Waals surface area contributed by atoms with Crippen molar-refractivity contribution in [3.05, 3.63) is 28.5 Å². The SMILES string of the molecule is CNC1(c2ccc(Br)cn2)CC1. The van der Waals surface area contributed by atoms with Gasteiger partial charge in [-0.25, -0.2) is 0 Å². The molecule has 64 valence electrons. The van der Waals surface area contributed by atoms with Crippen LogP contribution in [0, 0.1) is 0 Å². The second-order valence-corrected chi connectivity index (χ2v) is 4.11. The molecule has 1 aromatic heterocycles. The molecule has 1 N–H and O–H groups in total. The Morgan fingerprint density at radius 1 is 1.50 bits per heavy atom. The Kier molecular flexibility index (Phi) is 1.93. The molecule has 0 unspecified atom stereocenters. The number of nitrogens with zero attached hydrogens (tertiary/aromatic N) is 1. The van der Waals surface area contributed by atoms with Crippen molar-refractivity contribution in [1.29, 1.82) is 0 Å². The van der Waals surface area contributed by atoms with Gasteiger partial charge in [0.2, 0.25) is 0 Å². The average molecular weight is 227 g/mol. The van der Waals surface area contributed by atoms with Crippen LogP contribution in [-0.2, 0) is 5.54 Å². The quantitative estimate of drug-likeness (QED) is 0.836. The summed E-state index contributed by atoms with van der Waals surface area (Å²) in [6, 6.07) is 4.12. The summed E-state index contributed by atoms with van der Waals surface area (Å²) in [5.74, 6) is 0. The molecule has 1 fully saturated rings. The fourth-order valence-corrected chi connectivity index (χ4v) is 1.65. The van der Waals surface area contributed by atoms with Crippen LogP contribution in [0.15, 0.2) is 22.8 Å². The van der Waals surface area contributed by atoms with E-state index in [-0.39, 0.29) is 5.54 Å². The first kappa shape index (κ1) is 8.20. The maximum Gasteiger partial charge on any atom is 0.0607 e. The number of nitrogens with one attached hydrogen (secondary N) is 1. The standard InChI is InChI=1S/C9H11BrN2/c1-11-9(4-5-9)8-3-2-7(10)6-12-8/h2-3,6,11H,4-5H2,1H3. The molecule has 0 spiro atoms. The highest BCUT2D eigenvalue weighted by Gasteiger charge is 2.43. The molecule has 2 nitrogen and oxygen atoms in total. The van der Waals surface area contributed by atoms with Gasteiger partial charge in [0.15, 0.2) is 0 Å². The third kappa shape index (κ3) is 1.27. The number of halogens is 1. The maximum atomic E-state index is 4.37. The van der Waals surface area contributed by atoms with E-state index in [9.17, 15) is 0 Å². The summed E-state index contributed by atoms with van der Waals surface area (Å²) in [4.78, 5) is 4.37. The normalized spacial score (nSPS) is 19.2. The molecule has 1 aliphatic rings. The molecule has 1 aliphatic carbocycles. The molecule has 0 bridgehead atoms. The predicted octanol–water partition coefficient (Wildman–Crippen LogP) is 2.05. The minimum Gasteiger partial charge on any atom is -0.309 e. The molecule has 0 radical (unpaired) electrons. The van der Waals surface area contributed by atoms with Crippen molar-refractivity contribution < 1.29 is 0 Å². The topological polar surface area (TPSA) is 24.9 Å². The van der Waals surface area contributed by atoms with Gasteiger partial charge in [-0.3, -0.25) is 4.98 Å². The zero-order valence-corrected chi connectivity index (χ0v) is 8.56. The molecule has 0 aliphatic heterocycles. The zero-order valence-electron chi connectivity index (χ0n) is 6.97. The van der Waals surface area contributed by atoms with E-state index in [0.717, 1.165) is 10.2 Å². The smallest absolute Gasteiger partial charge is 0.0607 e. The van der Waals surface area contributed by atoms with Crippen molar-refractivity contribution in [2.24, 2.45) is 0 Å². The molecule has 3 heteroatoms. The third-order valence-electron chi connectivity index (χ3n) is 2.45. The highest BCUT2D eigenvalue weighted by molar-refractivity contribution is 9.10. The third-order valence-corrected chi connectivity index (χ3v) is 2.92. The molecule has 1 heterocycles. The first-order valence-electron chi connectivity index (χ1n) is 4.08. The van der Waals surface area contributed by atoms with E-state index in [4.69, 9.17) is 0 Å². The lowest BCUT2D eigenvalue weighted by molar-refractivity contribution is 0.567. The van der Waals surface area contributed by atoms with Gasteiger partial charge in [0.05, 0.1) is 11.2 Å². The largest absolute Gasteiger partial charge is 0.309 e. The van der Waals surface area contributed by atoms with Crippen molar-refractivity contribution in [2.75, 3.05) is 7.05 Å². The van der Waals surface area contributed by atoms with Crippen molar-refractivity contribution >= 4 is 15.9 Å². The fraction of sp³-hybridized carbons (Fsp3) is 0.444. The van der Waals surface area contributed by atoms with Crippen molar-refractivity contribution in [3.63, 3.8) is 0 Å². The highest BCUT2D eigenvalue weighted by atomic mass is 79.9. The Morgan fingerprint density at radius 3 is 2.67 bits per heavy atom. The Hall–Kier alpha value is -0.410. The lowest BCUT2D eigenvalue weighted by Gasteiger charge is -2.12. The Morgan fingerprint density at radius 2 is 2.25 bits per heavy atom. The van der Waals surface area contributed by atoms with E-state index < -0.39 is 0 Å². The van der Waals surface area contributed by atoms with Crippen molar-refractivity contribution in [3.8, 4) is 0 Å². The molecule has 0 saturated heterocycles. The number of pyridine rings is 1. The van der Waals surface area contributed by atoms with E-state index in [0.29, 0.717) is 0 Å². The van der Waals surface area contributed by atoms with Gasteiger partial charge >= 0.3 is 0 Å². The maximum absolute atomic E-state index is 4.37. The van der Waals surface area contributed by atoms with Gasteiger partial charge in [-0.2, -0.15) is 0 Å². The summed E-state index contributed by atoms with van der Waals surface area (Å²) in [5.41, 5.74) is 1.36. The van der Waals surface area contributed by atoms with Crippen LogP contribution in [0.3, 0.4) is 0 Å². The van der Waals surface area contributed by atoms with Gasteiger partial charge in [0, 0.05) is 10.7 Å². The zero-order chi connectivity index (χ0) is 8.60. The summed E-state index contributed by atoms with van der Waals surface area (Å²) < 4.78 is 1.04. The van der Waals surface area contributed by atoms with Crippen LogP contribution in [-0.4, -0.2) is 12.0 Å². The van der Waals surface area contributed by atoms with E-state index in [1.807, 2.05) is 19.3 Å². The molecule has 12 heavy (non-hydrogen) atoms. The highest BCUT2D eigenvalue weighted by Crippen LogP contribution is 2.43. The molecule has 0 atom stereocenters. The second-order valence-electron chi connectivity index (χ2n) is 3.19. The molecular formula is C9H11BrN2. The summed E-state index contributed by atoms with van der Waals surface area (Å²) >= 11 is 3.37. The Bertz CT molecular complexity index is 277. The minimum atomic E-state index is 0.195. The predicted molar refractivity (Wildman–Crippen MR) is 51.9 cm³/mol. The number of hydrogen-bond acceptors (Lipinski definition) is 2. The summed E-state index contributed by atoms with van der Waals surface area (Å²) in [6.45, 7) is 0. The van der Waals surface area contributed by atoms with E-state index in [1.54, 1.807) is 0 Å². The van der Waals surface area contributed by atoms with Gasteiger partial charge in [0.1, 0.15) is 0 Å². The lowest BCUT2D eigenvalue weighted by Crippen LogP contribution is -2.25. The van der Waals surface area contributed by atoms with Crippen LogP contribution < -0.4 is 5.32 Å². The van der Waals surface area contributed by atoms with E-state index in [1.165, 1.54) is 12.8 Å². The van der Waals surface area contributed by atoms with Crippen LogP contribution in [0.4, 0.5) is 0 Å². The van der Waals surface area contributed by atoms with Crippen molar-refractivity contribution in [2.45, 2.75) is 18.4 Å². The number of rotatable bonds is 2. The average Bonchev–Trinajstić information content (AvgIpc) is 2.86. The molecule has 0 amide bonds. The van der Waals surface area contributed by atoms with E-state index in [2.05, 4.69) is 32.3 Å². The van der Waals surface area contributed by atoms with Crippen molar-refractivity contribution in [1.82, 2.24) is 10.3 Å². The van der Waals surface area contributed by atoms with Crippen LogP contribution in [0.5, 0.6) is 0 Å². The van der Waals surface area contributed by atoms with Crippen LogP contribution in [0.2, 0.25) is 0 Å². The first-order valence-corrected chi connectivity index (χ1v) is 4.87. The van der Waals surface area contributed by atoms with Crippen LogP contribution >= 0.6 is 15.9 Å². The molecule has 1 saturated carbocycles. The first-order chi connectivity index (χ1) is 5.77. The van der Waals surface area contributed by atoms with Gasteiger partial charge in [-0.15, -0.1) is 0 Å². The summed E-state index contributed by atoms with van der Waals surface area (Å²) in [7, 11) is 2.00. The number of aromatic nitrogens is 1. The monoisotopic (exact) mass is 226 g/mol. The minimum absolute atomic E-state index is 0.195. The molecule has 1 aromatic rings. The molecule has 0 aromatic carbocycles. The number of hydrogen-bond donors (Lipinski definition) is 1. The van der Waals surface area contributed by atoms with Gasteiger partial charge in [-0.1, -0.05) is 0 Å². The van der Waals surface area contributed by atoms with Crippen LogP contribution in [0.1, 0.15) is 18.5 Å². The fourth-order valence-electron chi connectivity index (χ4n) is 1.42. The van der Waals surface area contributed by atoms with Gasteiger partial charge < -0.3 is 5.32 Å². The Labute approximate surface area is 80.5 Å². The van der Waals surface area contributed by atoms with Gasteiger partial charge in [0.25, 0.3) is 0 Å².